The van der Waals surface area contributed by atoms with Gasteiger partial charge in [-0.1, -0.05) is 0 Å². The Morgan fingerprint density at radius 3 is 2.45 bits per heavy atom. The van der Waals surface area contributed by atoms with Gasteiger partial charge in [-0.25, -0.2) is 8.42 Å². The number of thioether (sulfide) groups is 1. The fraction of sp³-hybridized carbons (Fsp3) is 0.500. The molecule has 1 N–H and O–H groups in total. The minimum atomic E-state index is -3.46. The van der Waals surface area contributed by atoms with Gasteiger partial charge < -0.3 is 5.32 Å². The predicted octanol–water partition coefficient (Wildman–Crippen LogP) is 2.55. The first-order valence-electron chi connectivity index (χ1n) is 5.84. The highest BCUT2D eigenvalue weighted by atomic mass is 32.2. The molecule has 0 aromatic heterocycles. The monoisotopic (exact) mass is 318 g/mol. The minimum absolute atomic E-state index is 0.0566. The number of nitrogens with zero attached hydrogens (tertiary/aromatic N) is 1. The maximum atomic E-state index is 11.4. The molecule has 8 heteroatoms. The van der Waals surface area contributed by atoms with Crippen molar-refractivity contribution in [3.8, 4) is 0 Å². The summed E-state index contributed by atoms with van der Waals surface area (Å²) in [5.41, 5.74) is 0.0920. The number of rotatable bonds is 6. The molecule has 0 atom stereocenters. The van der Waals surface area contributed by atoms with Crippen LogP contribution in [0, 0.1) is 10.1 Å². The molecule has 0 bridgehead atoms. The van der Waals surface area contributed by atoms with Gasteiger partial charge in [0.15, 0.2) is 9.84 Å². The van der Waals surface area contributed by atoms with Crippen molar-refractivity contribution in [2.45, 2.75) is 23.5 Å². The Morgan fingerprint density at radius 1 is 1.40 bits per heavy atom. The van der Waals surface area contributed by atoms with Gasteiger partial charge in [-0.2, -0.15) is 11.8 Å². The van der Waals surface area contributed by atoms with Gasteiger partial charge in [0.25, 0.3) is 5.69 Å². The molecule has 20 heavy (non-hydrogen) atoms. The third-order valence-corrected chi connectivity index (χ3v) is 5.21. The number of hydrogen-bond acceptors (Lipinski definition) is 6. The molecule has 1 aromatic carbocycles. The van der Waals surface area contributed by atoms with Crippen LogP contribution in [-0.2, 0) is 9.84 Å². The van der Waals surface area contributed by atoms with Gasteiger partial charge in [0.2, 0.25) is 0 Å². The molecule has 6 nitrogen and oxygen atoms in total. The number of benzene rings is 1. The largest absolute Gasteiger partial charge is 0.378 e. The van der Waals surface area contributed by atoms with Gasteiger partial charge in [-0.15, -0.1) is 0 Å². The first kappa shape index (κ1) is 16.8. The van der Waals surface area contributed by atoms with E-state index in [9.17, 15) is 18.5 Å². The van der Waals surface area contributed by atoms with Crippen molar-refractivity contribution in [3.05, 3.63) is 28.3 Å². The van der Waals surface area contributed by atoms with E-state index in [1.807, 2.05) is 20.1 Å². The van der Waals surface area contributed by atoms with E-state index in [-0.39, 0.29) is 15.3 Å². The Bertz CT molecular complexity index is 612. The molecule has 0 amide bonds. The summed E-state index contributed by atoms with van der Waals surface area (Å²) in [5.74, 6) is 0. The molecule has 1 aromatic rings. The lowest BCUT2D eigenvalue weighted by atomic mass is 10.2. The lowest BCUT2D eigenvalue weighted by Gasteiger charge is -2.22. The van der Waals surface area contributed by atoms with Gasteiger partial charge in [-0.3, -0.25) is 10.1 Å². The van der Waals surface area contributed by atoms with Gasteiger partial charge >= 0.3 is 0 Å². The Kier molecular flexibility index (Phi) is 5.04. The molecule has 0 heterocycles. The standard InChI is InChI=1S/C12H18N2O4S2/c1-12(2,19-3)8-13-10-6-5-9(20(4,17)18)7-11(10)14(15)16/h5-7,13H,8H2,1-4H3. The zero-order chi connectivity index (χ0) is 15.6. The van der Waals surface area contributed by atoms with Crippen molar-refractivity contribution in [1.29, 1.82) is 0 Å². The van der Waals surface area contributed by atoms with Crippen LogP contribution in [-0.4, -0.2) is 37.1 Å². The zero-order valence-electron chi connectivity index (χ0n) is 11.8. The van der Waals surface area contributed by atoms with Crippen molar-refractivity contribution in [2.75, 3.05) is 24.4 Å². The predicted molar refractivity (Wildman–Crippen MR) is 82.3 cm³/mol. The summed E-state index contributed by atoms with van der Waals surface area (Å²) < 4.78 is 22.8. The van der Waals surface area contributed by atoms with Gasteiger partial charge in [0.05, 0.1) is 9.82 Å². The van der Waals surface area contributed by atoms with Crippen molar-refractivity contribution in [3.63, 3.8) is 0 Å². The molecule has 0 aliphatic carbocycles. The van der Waals surface area contributed by atoms with E-state index < -0.39 is 14.8 Å². The maximum absolute atomic E-state index is 11.4. The van der Waals surface area contributed by atoms with Crippen LogP contribution in [0.1, 0.15) is 13.8 Å². The molecule has 112 valence electrons. The molecule has 0 saturated heterocycles. The van der Waals surface area contributed by atoms with Crippen LogP contribution >= 0.6 is 11.8 Å². The van der Waals surface area contributed by atoms with Gasteiger partial charge in [0.1, 0.15) is 5.69 Å². The summed E-state index contributed by atoms with van der Waals surface area (Å²) >= 11 is 1.64. The second-order valence-corrected chi connectivity index (χ2v) is 8.55. The number of nitrogens with one attached hydrogen (secondary N) is 1. The molecule has 0 spiro atoms. The Morgan fingerprint density at radius 2 is 2.00 bits per heavy atom. The normalized spacial score (nSPS) is 12.2. The smallest absolute Gasteiger partial charge is 0.293 e. The molecule has 0 unspecified atom stereocenters. The molecule has 0 saturated carbocycles. The third-order valence-electron chi connectivity index (χ3n) is 2.85. The average Bonchev–Trinajstić information content (AvgIpc) is 2.35. The van der Waals surface area contributed by atoms with Crippen molar-refractivity contribution in [1.82, 2.24) is 0 Å². The summed E-state index contributed by atoms with van der Waals surface area (Å²) in [7, 11) is -3.46. The topological polar surface area (TPSA) is 89.3 Å². The van der Waals surface area contributed by atoms with E-state index >= 15 is 0 Å². The summed E-state index contributed by atoms with van der Waals surface area (Å²) in [5, 5.41) is 14.1. The van der Waals surface area contributed by atoms with Crippen LogP contribution < -0.4 is 5.32 Å². The molecule has 0 aliphatic heterocycles. The lowest BCUT2D eigenvalue weighted by molar-refractivity contribution is -0.384. The molecule has 0 fully saturated rings. The lowest BCUT2D eigenvalue weighted by Crippen LogP contribution is -2.26. The van der Waals surface area contributed by atoms with E-state index in [1.165, 1.54) is 12.1 Å². The molecule has 0 radical (unpaired) electrons. The minimum Gasteiger partial charge on any atom is -0.378 e. The Labute approximate surface area is 123 Å². The van der Waals surface area contributed by atoms with Crippen LogP contribution in [0.5, 0.6) is 0 Å². The second-order valence-electron chi connectivity index (χ2n) is 5.03. The Hall–Kier alpha value is -1.28. The maximum Gasteiger partial charge on any atom is 0.293 e. The van der Waals surface area contributed by atoms with Crippen LogP contribution in [0.2, 0.25) is 0 Å². The van der Waals surface area contributed by atoms with E-state index in [4.69, 9.17) is 0 Å². The highest BCUT2D eigenvalue weighted by Gasteiger charge is 2.21. The van der Waals surface area contributed by atoms with Crippen molar-refractivity contribution >= 4 is 33.0 Å². The van der Waals surface area contributed by atoms with Crippen LogP contribution in [0.3, 0.4) is 0 Å². The summed E-state index contributed by atoms with van der Waals surface area (Å²) in [6.07, 6.45) is 2.98. The average molecular weight is 318 g/mol. The molecule has 0 aliphatic rings. The van der Waals surface area contributed by atoms with Crippen molar-refractivity contribution in [2.24, 2.45) is 0 Å². The molecular formula is C12H18N2O4S2. The van der Waals surface area contributed by atoms with Crippen LogP contribution in [0.15, 0.2) is 23.1 Å². The SMILES string of the molecule is CSC(C)(C)CNc1ccc(S(C)(=O)=O)cc1[N+](=O)[O-]. The Balaban J connectivity index is 3.12. The number of anilines is 1. The number of nitro groups is 1. The van der Waals surface area contributed by atoms with E-state index in [0.29, 0.717) is 12.2 Å². The first-order chi connectivity index (χ1) is 9.07. The zero-order valence-corrected chi connectivity index (χ0v) is 13.5. The number of sulfone groups is 1. The summed E-state index contributed by atoms with van der Waals surface area (Å²) in [4.78, 5) is 10.4. The van der Waals surface area contributed by atoms with E-state index in [0.717, 1.165) is 12.3 Å². The fourth-order valence-corrected chi connectivity index (χ4v) is 2.28. The highest BCUT2D eigenvalue weighted by Crippen LogP contribution is 2.29. The van der Waals surface area contributed by atoms with Crippen LogP contribution in [0.4, 0.5) is 11.4 Å². The van der Waals surface area contributed by atoms with E-state index in [2.05, 4.69) is 5.32 Å². The van der Waals surface area contributed by atoms with Gasteiger partial charge in [0, 0.05) is 23.6 Å². The summed E-state index contributed by atoms with van der Waals surface area (Å²) in [6.45, 7) is 4.57. The first-order valence-corrected chi connectivity index (χ1v) is 8.96. The highest BCUT2D eigenvalue weighted by molar-refractivity contribution is 7.99. The molecule has 1 rings (SSSR count). The fourth-order valence-electron chi connectivity index (χ4n) is 1.42. The third kappa shape index (κ3) is 4.38. The van der Waals surface area contributed by atoms with Gasteiger partial charge in [-0.05, 0) is 32.2 Å². The van der Waals surface area contributed by atoms with Crippen molar-refractivity contribution < 1.29 is 13.3 Å². The van der Waals surface area contributed by atoms with E-state index in [1.54, 1.807) is 11.8 Å². The quantitative estimate of drug-likeness (QED) is 0.640. The number of nitro benzene ring substituents is 1. The second kappa shape index (κ2) is 6.01. The van der Waals surface area contributed by atoms with Crippen LogP contribution in [0.25, 0.3) is 0 Å². The summed E-state index contributed by atoms with van der Waals surface area (Å²) in [6, 6.07) is 3.89. The molecular weight excluding hydrogens is 300 g/mol. The number of hydrogen-bond donors (Lipinski definition) is 1.